The summed E-state index contributed by atoms with van der Waals surface area (Å²) in [6.07, 6.45) is 2.77. The van der Waals surface area contributed by atoms with Gasteiger partial charge in [-0.2, -0.15) is 0 Å². The monoisotopic (exact) mass is 248 g/mol. The molecule has 0 radical (unpaired) electrons. The van der Waals surface area contributed by atoms with Gasteiger partial charge in [0.05, 0.1) is 6.10 Å². The molecule has 0 aromatic heterocycles. The molecule has 1 aliphatic rings. The summed E-state index contributed by atoms with van der Waals surface area (Å²) in [5.41, 5.74) is 2.96. The number of benzene rings is 1. The summed E-state index contributed by atoms with van der Waals surface area (Å²) >= 11 is 0. The summed E-state index contributed by atoms with van der Waals surface area (Å²) in [5, 5.41) is 0. The highest BCUT2D eigenvalue weighted by molar-refractivity contribution is 6.73. The van der Waals surface area contributed by atoms with E-state index >= 15 is 0 Å². The Morgan fingerprint density at radius 1 is 1.12 bits per heavy atom. The maximum Gasteiger partial charge on any atom is 0.192 e. The molecule has 0 spiro atoms. The van der Waals surface area contributed by atoms with Gasteiger partial charge in [0.2, 0.25) is 0 Å². The van der Waals surface area contributed by atoms with E-state index < -0.39 is 8.32 Å². The SMILES string of the molecule is CC[Si](CC)(CC)OC1CCc2ccccc21. The molecule has 94 valence electrons. The second kappa shape index (κ2) is 5.36. The van der Waals surface area contributed by atoms with Crippen molar-refractivity contribution in [2.24, 2.45) is 0 Å². The van der Waals surface area contributed by atoms with E-state index in [1.54, 1.807) is 0 Å². The van der Waals surface area contributed by atoms with Gasteiger partial charge in [0.25, 0.3) is 0 Å². The molecule has 1 aromatic rings. The molecule has 0 fully saturated rings. The van der Waals surface area contributed by atoms with Crippen molar-refractivity contribution in [3.8, 4) is 0 Å². The van der Waals surface area contributed by atoms with E-state index in [1.165, 1.54) is 42.1 Å². The van der Waals surface area contributed by atoms with Crippen LogP contribution >= 0.6 is 0 Å². The fourth-order valence-corrected chi connectivity index (χ4v) is 5.79. The molecule has 2 rings (SSSR count). The molecule has 0 N–H and O–H groups in total. The molecular weight excluding hydrogens is 224 g/mol. The Morgan fingerprint density at radius 3 is 2.41 bits per heavy atom. The van der Waals surface area contributed by atoms with Gasteiger partial charge in [0.1, 0.15) is 0 Å². The standard InChI is InChI=1S/C15H24OSi/c1-4-17(5-2,6-3)16-15-12-11-13-9-7-8-10-14(13)15/h7-10,15H,4-6,11-12H2,1-3H3. The fourth-order valence-electron chi connectivity index (χ4n) is 2.94. The first-order chi connectivity index (χ1) is 8.24. The molecule has 1 aromatic carbocycles. The van der Waals surface area contributed by atoms with E-state index in [0.717, 1.165) is 0 Å². The Morgan fingerprint density at radius 2 is 1.76 bits per heavy atom. The summed E-state index contributed by atoms with van der Waals surface area (Å²) < 4.78 is 6.61. The van der Waals surface area contributed by atoms with Crippen LogP contribution in [0.5, 0.6) is 0 Å². The Kier molecular flexibility index (Phi) is 4.05. The lowest BCUT2D eigenvalue weighted by Crippen LogP contribution is -2.36. The number of hydrogen-bond donors (Lipinski definition) is 0. The van der Waals surface area contributed by atoms with Crippen molar-refractivity contribution in [2.75, 3.05) is 0 Å². The van der Waals surface area contributed by atoms with E-state index in [-0.39, 0.29) is 0 Å². The van der Waals surface area contributed by atoms with Gasteiger partial charge in [-0.1, -0.05) is 45.0 Å². The molecule has 0 saturated heterocycles. The van der Waals surface area contributed by atoms with Gasteiger partial charge < -0.3 is 4.43 Å². The largest absolute Gasteiger partial charge is 0.410 e. The molecular formula is C15H24OSi. The van der Waals surface area contributed by atoms with Gasteiger partial charge >= 0.3 is 0 Å². The topological polar surface area (TPSA) is 9.23 Å². The van der Waals surface area contributed by atoms with Crippen LogP contribution in [0.25, 0.3) is 0 Å². The molecule has 0 saturated carbocycles. The van der Waals surface area contributed by atoms with Crippen LogP contribution < -0.4 is 0 Å². The lowest BCUT2D eigenvalue weighted by atomic mass is 10.1. The summed E-state index contributed by atoms with van der Waals surface area (Å²) in [5.74, 6) is 0. The first-order valence-electron chi connectivity index (χ1n) is 7.00. The highest BCUT2D eigenvalue weighted by atomic mass is 28.4. The van der Waals surface area contributed by atoms with E-state index in [9.17, 15) is 0 Å². The lowest BCUT2D eigenvalue weighted by Gasteiger charge is -2.32. The number of rotatable bonds is 5. The molecule has 0 aliphatic heterocycles. The van der Waals surface area contributed by atoms with Crippen LogP contribution in [0.3, 0.4) is 0 Å². The van der Waals surface area contributed by atoms with Crippen molar-refractivity contribution in [1.29, 1.82) is 0 Å². The first kappa shape index (κ1) is 12.8. The quantitative estimate of drug-likeness (QED) is 0.687. The van der Waals surface area contributed by atoms with E-state index in [0.29, 0.717) is 6.10 Å². The third-order valence-corrected chi connectivity index (χ3v) is 9.05. The van der Waals surface area contributed by atoms with Crippen LogP contribution in [0.2, 0.25) is 18.1 Å². The normalized spacial score (nSPS) is 19.4. The van der Waals surface area contributed by atoms with Crippen molar-refractivity contribution in [2.45, 2.75) is 57.8 Å². The van der Waals surface area contributed by atoms with Crippen LogP contribution in [0, 0.1) is 0 Å². The minimum absolute atomic E-state index is 0.387. The third kappa shape index (κ3) is 2.48. The maximum absolute atomic E-state index is 6.61. The van der Waals surface area contributed by atoms with Crippen molar-refractivity contribution >= 4 is 8.32 Å². The van der Waals surface area contributed by atoms with Gasteiger partial charge in [-0.15, -0.1) is 0 Å². The zero-order chi connectivity index (χ0) is 12.3. The highest BCUT2D eigenvalue weighted by Crippen LogP contribution is 2.38. The Labute approximate surface area is 106 Å². The Hall–Kier alpha value is -0.603. The second-order valence-electron chi connectivity index (χ2n) is 5.09. The second-order valence-corrected chi connectivity index (χ2v) is 9.81. The molecule has 0 amide bonds. The van der Waals surface area contributed by atoms with Crippen molar-refractivity contribution in [1.82, 2.24) is 0 Å². The smallest absolute Gasteiger partial charge is 0.192 e. The van der Waals surface area contributed by atoms with E-state index in [2.05, 4.69) is 45.0 Å². The van der Waals surface area contributed by atoms with Crippen molar-refractivity contribution < 1.29 is 4.43 Å². The minimum Gasteiger partial charge on any atom is -0.410 e. The average Bonchev–Trinajstić information content (AvgIpc) is 2.79. The van der Waals surface area contributed by atoms with Gasteiger partial charge in [0.15, 0.2) is 8.32 Å². The summed E-state index contributed by atoms with van der Waals surface area (Å²) in [6.45, 7) is 6.92. The minimum atomic E-state index is -1.45. The Balaban J connectivity index is 2.16. The van der Waals surface area contributed by atoms with Crippen LogP contribution in [-0.4, -0.2) is 8.32 Å². The maximum atomic E-state index is 6.61. The molecule has 0 bridgehead atoms. The van der Waals surface area contributed by atoms with Gasteiger partial charge in [-0.25, -0.2) is 0 Å². The summed E-state index contributed by atoms with van der Waals surface area (Å²) in [6, 6.07) is 12.5. The summed E-state index contributed by atoms with van der Waals surface area (Å²) in [4.78, 5) is 0. The van der Waals surface area contributed by atoms with Crippen LogP contribution in [0.15, 0.2) is 24.3 Å². The predicted octanol–water partition coefficient (Wildman–Crippen LogP) is 4.70. The van der Waals surface area contributed by atoms with Gasteiger partial charge in [0, 0.05) is 0 Å². The van der Waals surface area contributed by atoms with Crippen molar-refractivity contribution in [3.05, 3.63) is 35.4 Å². The predicted molar refractivity (Wildman–Crippen MR) is 75.8 cm³/mol. The molecule has 1 nitrogen and oxygen atoms in total. The zero-order valence-electron chi connectivity index (χ0n) is 11.3. The van der Waals surface area contributed by atoms with E-state index in [4.69, 9.17) is 4.43 Å². The van der Waals surface area contributed by atoms with Gasteiger partial charge in [-0.05, 0) is 42.1 Å². The fraction of sp³-hybridized carbons (Fsp3) is 0.600. The lowest BCUT2D eigenvalue weighted by molar-refractivity contribution is 0.191. The van der Waals surface area contributed by atoms with Crippen LogP contribution in [0.1, 0.15) is 44.4 Å². The Bertz CT molecular complexity index is 363. The highest BCUT2D eigenvalue weighted by Gasteiger charge is 2.34. The van der Waals surface area contributed by atoms with E-state index in [1.807, 2.05) is 0 Å². The first-order valence-corrected chi connectivity index (χ1v) is 9.53. The number of fused-ring (bicyclic) bond motifs is 1. The molecule has 1 unspecified atom stereocenters. The van der Waals surface area contributed by atoms with Gasteiger partial charge in [-0.3, -0.25) is 0 Å². The van der Waals surface area contributed by atoms with Crippen LogP contribution in [0.4, 0.5) is 0 Å². The summed E-state index contributed by atoms with van der Waals surface area (Å²) in [7, 11) is -1.45. The molecule has 2 heteroatoms. The molecule has 1 aliphatic carbocycles. The van der Waals surface area contributed by atoms with Crippen LogP contribution in [-0.2, 0) is 10.8 Å². The molecule has 0 heterocycles. The average molecular weight is 248 g/mol. The van der Waals surface area contributed by atoms with Crippen molar-refractivity contribution in [3.63, 3.8) is 0 Å². The number of aryl methyl sites for hydroxylation is 1. The third-order valence-electron chi connectivity index (χ3n) is 4.40. The molecule has 17 heavy (non-hydrogen) atoms. The number of hydrogen-bond acceptors (Lipinski definition) is 1. The molecule has 1 atom stereocenters. The zero-order valence-corrected chi connectivity index (χ0v) is 12.3.